The summed E-state index contributed by atoms with van der Waals surface area (Å²) in [4.78, 5) is 12.4. The summed E-state index contributed by atoms with van der Waals surface area (Å²) in [5, 5.41) is 1.25. The van der Waals surface area contributed by atoms with Gasteiger partial charge in [0.1, 0.15) is 0 Å². The molecule has 2 nitrogen and oxygen atoms in total. The molecule has 0 unspecified atom stereocenters. The molecule has 19 heavy (non-hydrogen) atoms. The standard InChI is InChI=1S/C16H17O2P/c1-2-9-16(17)19(18,14-10-5-3-6-11-14)15-12-7-4-8-13-15/h3-8,10-13H,2,9H2,1H3. The molecule has 0 aromatic heterocycles. The van der Waals surface area contributed by atoms with Crippen LogP contribution < -0.4 is 10.6 Å². The molecule has 3 heteroatoms. The summed E-state index contributed by atoms with van der Waals surface area (Å²) in [5.41, 5.74) is -0.160. The number of hydrogen-bond donors (Lipinski definition) is 0. The first-order chi connectivity index (χ1) is 9.19. The second-order valence-electron chi connectivity index (χ2n) is 4.42. The van der Waals surface area contributed by atoms with Crippen molar-refractivity contribution in [2.24, 2.45) is 0 Å². The maximum atomic E-state index is 13.4. The van der Waals surface area contributed by atoms with Crippen LogP contribution in [0.1, 0.15) is 19.8 Å². The highest BCUT2D eigenvalue weighted by Gasteiger charge is 2.34. The zero-order chi connectivity index (χ0) is 13.7. The Balaban J connectivity index is 2.58. The van der Waals surface area contributed by atoms with Crippen molar-refractivity contribution in [1.82, 2.24) is 0 Å². The molecule has 0 spiro atoms. The summed E-state index contributed by atoms with van der Waals surface area (Å²) in [6, 6.07) is 18.1. The van der Waals surface area contributed by atoms with Crippen molar-refractivity contribution >= 4 is 23.3 Å². The average Bonchev–Trinajstić information content (AvgIpc) is 2.48. The lowest BCUT2D eigenvalue weighted by atomic mass is 10.4. The Morgan fingerprint density at radius 2 is 1.32 bits per heavy atom. The third-order valence-corrected chi connectivity index (χ3v) is 6.03. The topological polar surface area (TPSA) is 34.1 Å². The van der Waals surface area contributed by atoms with E-state index >= 15 is 0 Å². The zero-order valence-electron chi connectivity index (χ0n) is 11.0. The normalized spacial score (nSPS) is 11.2. The molecule has 0 fully saturated rings. The van der Waals surface area contributed by atoms with Crippen LogP contribution in [0.5, 0.6) is 0 Å². The first-order valence-corrected chi connectivity index (χ1v) is 8.15. The molecule has 0 amide bonds. The Kier molecular flexibility index (Phi) is 4.34. The molecule has 0 bridgehead atoms. The van der Waals surface area contributed by atoms with Crippen LogP contribution in [0.25, 0.3) is 0 Å². The highest BCUT2D eigenvalue weighted by atomic mass is 31.2. The summed E-state index contributed by atoms with van der Waals surface area (Å²) in [7, 11) is -3.17. The van der Waals surface area contributed by atoms with Crippen molar-refractivity contribution < 1.29 is 9.36 Å². The largest absolute Gasteiger partial charge is 0.306 e. The number of benzene rings is 2. The lowest BCUT2D eigenvalue weighted by Crippen LogP contribution is -2.22. The maximum absolute atomic E-state index is 13.4. The highest BCUT2D eigenvalue weighted by Crippen LogP contribution is 2.45. The summed E-state index contributed by atoms with van der Waals surface area (Å²) >= 11 is 0. The second-order valence-corrected chi connectivity index (χ2v) is 7.17. The van der Waals surface area contributed by atoms with Crippen LogP contribution in [0.4, 0.5) is 0 Å². The Hall–Kier alpha value is -1.66. The van der Waals surface area contributed by atoms with E-state index in [-0.39, 0.29) is 5.52 Å². The number of carbonyl (C=O) groups excluding carboxylic acids is 1. The van der Waals surface area contributed by atoms with Gasteiger partial charge >= 0.3 is 0 Å². The molecule has 0 atom stereocenters. The van der Waals surface area contributed by atoms with Crippen molar-refractivity contribution in [2.75, 3.05) is 0 Å². The van der Waals surface area contributed by atoms with Crippen LogP contribution >= 0.6 is 7.14 Å². The van der Waals surface area contributed by atoms with E-state index in [0.717, 1.165) is 0 Å². The van der Waals surface area contributed by atoms with E-state index in [1.807, 2.05) is 43.3 Å². The second kappa shape index (κ2) is 5.99. The predicted molar refractivity (Wildman–Crippen MR) is 79.7 cm³/mol. The van der Waals surface area contributed by atoms with Gasteiger partial charge in [-0.3, -0.25) is 4.79 Å². The summed E-state index contributed by atoms with van der Waals surface area (Å²) in [6.45, 7) is 1.93. The van der Waals surface area contributed by atoms with Crippen LogP contribution in [-0.2, 0) is 9.36 Å². The van der Waals surface area contributed by atoms with E-state index in [1.54, 1.807) is 24.3 Å². The van der Waals surface area contributed by atoms with Crippen molar-refractivity contribution in [3.05, 3.63) is 60.7 Å². The van der Waals surface area contributed by atoms with E-state index in [0.29, 0.717) is 23.5 Å². The van der Waals surface area contributed by atoms with E-state index in [9.17, 15) is 9.36 Å². The molecule has 0 radical (unpaired) electrons. The van der Waals surface area contributed by atoms with Gasteiger partial charge in [0.25, 0.3) is 0 Å². The van der Waals surface area contributed by atoms with Crippen molar-refractivity contribution in [2.45, 2.75) is 19.8 Å². The quantitative estimate of drug-likeness (QED) is 0.782. The van der Waals surface area contributed by atoms with Gasteiger partial charge in [0.15, 0.2) is 5.52 Å². The smallest absolute Gasteiger partial charge is 0.205 e. The van der Waals surface area contributed by atoms with Crippen LogP contribution in [-0.4, -0.2) is 5.52 Å². The predicted octanol–water partition coefficient (Wildman–Crippen LogP) is 3.33. The van der Waals surface area contributed by atoms with E-state index in [4.69, 9.17) is 0 Å². The average molecular weight is 272 g/mol. The van der Waals surface area contributed by atoms with Crippen LogP contribution in [0.3, 0.4) is 0 Å². The first kappa shape index (κ1) is 13.8. The number of rotatable bonds is 5. The van der Waals surface area contributed by atoms with Gasteiger partial charge in [-0.2, -0.15) is 0 Å². The maximum Gasteiger partial charge on any atom is 0.205 e. The van der Waals surface area contributed by atoms with Gasteiger partial charge < -0.3 is 4.57 Å². The fourth-order valence-electron chi connectivity index (χ4n) is 2.08. The van der Waals surface area contributed by atoms with Crippen LogP contribution in [0.2, 0.25) is 0 Å². The Morgan fingerprint density at radius 3 is 1.68 bits per heavy atom. The zero-order valence-corrected chi connectivity index (χ0v) is 11.8. The number of carbonyl (C=O) groups is 1. The minimum absolute atomic E-state index is 0.160. The van der Waals surface area contributed by atoms with Gasteiger partial charge in [-0.1, -0.05) is 67.6 Å². The minimum atomic E-state index is -3.17. The lowest BCUT2D eigenvalue weighted by Gasteiger charge is -2.17. The monoisotopic (exact) mass is 272 g/mol. The fraction of sp³-hybridized carbons (Fsp3) is 0.188. The van der Waals surface area contributed by atoms with Crippen molar-refractivity contribution in [1.29, 1.82) is 0 Å². The first-order valence-electron chi connectivity index (χ1n) is 6.44. The van der Waals surface area contributed by atoms with Gasteiger partial charge in [0, 0.05) is 17.0 Å². The highest BCUT2D eigenvalue weighted by molar-refractivity contribution is 7.93. The molecule has 0 N–H and O–H groups in total. The van der Waals surface area contributed by atoms with Gasteiger partial charge in [0.2, 0.25) is 7.14 Å². The molecule has 0 saturated carbocycles. The van der Waals surface area contributed by atoms with E-state index < -0.39 is 7.14 Å². The molecule has 0 aliphatic carbocycles. The van der Waals surface area contributed by atoms with Crippen molar-refractivity contribution in [3.63, 3.8) is 0 Å². The van der Waals surface area contributed by atoms with Gasteiger partial charge in [-0.05, 0) is 6.42 Å². The molecule has 98 valence electrons. The summed E-state index contributed by atoms with van der Waals surface area (Å²) in [5.74, 6) is 0. The SMILES string of the molecule is CCCC(=O)P(=O)(c1ccccc1)c1ccccc1. The minimum Gasteiger partial charge on any atom is -0.306 e. The van der Waals surface area contributed by atoms with Crippen LogP contribution in [0, 0.1) is 0 Å². The van der Waals surface area contributed by atoms with E-state index in [1.165, 1.54) is 0 Å². The molecule has 2 rings (SSSR count). The van der Waals surface area contributed by atoms with Crippen molar-refractivity contribution in [3.8, 4) is 0 Å². The lowest BCUT2D eigenvalue weighted by molar-refractivity contribution is -0.111. The third kappa shape index (κ3) is 2.69. The van der Waals surface area contributed by atoms with Gasteiger partial charge in [-0.25, -0.2) is 0 Å². The molecule has 2 aromatic rings. The number of hydrogen-bond acceptors (Lipinski definition) is 2. The Morgan fingerprint density at radius 1 is 0.895 bits per heavy atom. The van der Waals surface area contributed by atoms with Gasteiger partial charge in [0.05, 0.1) is 0 Å². The Labute approximate surface area is 113 Å². The molecule has 0 aliphatic heterocycles. The summed E-state index contributed by atoms with van der Waals surface area (Å²) < 4.78 is 13.4. The molecule has 2 aromatic carbocycles. The molecular formula is C16H17O2P. The molecule has 0 saturated heterocycles. The fourth-order valence-corrected chi connectivity index (χ4v) is 4.68. The third-order valence-electron chi connectivity index (χ3n) is 3.05. The molecule has 0 heterocycles. The van der Waals surface area contributed by atoms with Gasteiger partial charge in [-0.15, -0.1) is 0 Å². The van der Waals surface area contributed by atoms with E-state index in [2.05, 4.69) is 0 Å². The summed E-state index contributed by atoms with van der Waals surface area (Å²) in [6.07, 6.45) is 1.06. The van der Waals surface area contributed by atoms with Crippen LogP contribution in [0.15, 0.2) is 60.7 Å². The Bertz CT molecular complexity index is 547. The molecular weight excluding hydrogens is 255 g/mol. The molecule has 0 aliphatic rings.